The Bertz CT molecular complexity index is 652. The Morgan fingerprint density at radius 1 is 1.05 bits per heavy atom. The second-order valence-corrected chi connectivity index (χ2v) is 5.60. The zero-order chi connectivity index (χ0) is 15.5. The molecule has 116 valence electrons. The van der Waals surface area contributed by atoms with E-state index in [1.807, 2.05) is 24.3 Å². The van der Waals surface area contributed by atoms with E-state index >= 15 is 0 Å². The molecule has 1 heterocycles. The molecule has 2 aromatic carbocycles. The van der Waals surface area contributed by atoms with Gasteiger partial charge in [0.2, 0.25) is 0 Å². The summed E-state index contributed by atoms with van der Waals surface area (Å²) in [5.41, 5.74) is 3.71. The average molecular weight is 299 g/mol. The Balaban J connectivity index is 1.72. The Morgan fingerprint density at radius 3 is 2.50 bits per heavy atom. The molecule has 0 bridgehead atoms. The van der Waals surface area contributed by atoms with Crippen LogP contribution < -0.4 is 9.47 Å². The lowest BCUT2D eigenvalue weighted by atomic mass is 9.98. The second kappa shape index (κ2) is 6.28. The molecule has 0 atom stereocenters. The Hall–Kier alpha value is -2.20. The van der Waals surface area contributed by atoms with Gasteiger partial charge in [-0.25, -0.2) is 0 Å². The van der Waals surface area contributed by atoms with Gasteiger partial charge in [0.15, 0.2) is 11.5 Å². The largest absolute Gasteiger partial charge is 0.504 e. The summed E-state index contributed by atoms with van der Waals surface area (Å²) >= 11 is 0. The van der Waals surface area contributed by atoms with Crippen LogP contribution in [0, 0.1) is 0 Å². The molecule has 0 saturated carbocycles. The van der Waals surface area contributed by atoms with E-state index in [0.717, 1.165) is 31.8 Å². The molecule has 0 unspecified atom stereocenters. The Kier molecular flexibility index (Phi) is 4.20. The molecule has 0 aliphatic carbocycles. The van der Waals surface area contributed by atoms with E-state index < -0.39 is 0 Å². The summed E-state index contributed by atoms with van der Waals surface area (Å²) in [6.07, 6.45) is 0.974. The minimum Gasteiger partial charge on any atom is -0.504 e. The van der Waals surface area contributed by atoms with Crippen molar-refractivity contribution in [1.82, 2.24) is 4.90 Å². The van der Waals surface area contributed by atoms with Gasteiger partial charge in [-0.2, -0.15) is 0 Å². The highest BCUT2D eigenvalue weighted by Gasteiger charge is 2.19. The fourth-order valence-electron chi connectivity index (χ4n) is 2.92. The van der Waals surface area contributed by atoms with E-state index in [1.165, 1.54) is 16.7 Å². The minimum absolute atomic E-state index is 0.215. The van der Waals surface area contributed by atoms with Gasteiger partial charge in [0.1, 0.15) is 5.75 Å². The van der Waals surface area contributed by atoms with E-state index in [-0.39, 0.29) is 5.75 Å². The summed E-state index contributed by atoms with van der Waals surface area (Å²) in [6, 6.07) is 12.0. The van der Waals surface area contributed by atoms with Crippen LogP contribution in [-0.2, 0) is 19.5 Å². The van der Waals surface area contributed by atoms with Gasteiger partial charge in [0.05, 0.1) is 14.2 Å². The third-order valence-electron chi connectivity index (χ3n) is 4.16. The molecule has 1 N–H and O–H groups in total. The van der Waals surface area contributed by atoms with Crippen LogP contribution >= 0.6 is 0 Å². The summed E-state index contributed by atoms with van der Waals surface area (Å²) in [4.78, 5) is 2.38. The van der Waals surface area contributed by atoms with Gasteiger partial charge in [0, 0.05) is 19.6 Å². The molecule has 0 spiro atoms. The summed E-state index contributed by atoms with van der Waals surface area (Å²) in [6.45, 7) is 2.75. The predicted molar refractivity (Wildman–Crippen MR) is 85.5 cm³/mol. The number of nitrogens with zero attached hydrogens (tertiary/aromatic N) is 1. The number of benzene rings is 2. The van der Waals surface area contributed by atoms with E-state index in [9.17, 15) is 5.11 Å². The molecule has 4 heteroatoms. The maximum Gasteiger partial charge on any atom is 0.160 e. The van der Waals surface area contributed by atoms with Crippen LogP contribution in [-0.4, -0.2) is 30.8 Å². The first kappa shape index (κ1) is 14.7. The lowest BCUT2D eigenvalue weighted by Crippen LogP contribution is -2.30. The minimum atomic E-state index is 0.215. The van der Waals surface area contributed by atoms with Gasteiger partial charge in [0.25, 0.3) is 0 Å². The summed E-state index contributed by atoms with van der Waals surface area (Å²) in [5.74, 6) is 1.65. The van der Waals surface area contributed by atoms with Crippen molar-refractivity contribution in [3.63, 3.8) is 0 Å². The molecule has 4 nitrogen and oxygen atoms in total. The van der Waals surface area contributed by atoms with Gasteiger partial charge in [-0.05, 0) is 47.4 Å². The van der Waals surface area contributed by atoms with Crippen molar-refractivity contribution in [3.8, 4) is 17.2 Å². The molecule has 22 heavy (non-hydrogen) atoms. The predicted octanol–water partition coefficient (Wildman–Crippen LogP) is 2.97. The van der Waals surface area contributed by atoms with Crippen LogP contribution in [0.4, 0.5) is 0 Å². The number of ether oxygens (including phenoxy) is 2. The smallest absolute Gasteiger partial charge is 0.160 e. The van der Waals surface area contributed by atoms with E-state index in [1.54, 1.807) is 14.2 Å². The van der Waals surface area contributed by atoms with Crippen molar-refractivity contribution >= 4 is 0 Å². The highest BCUT2D eigenvalue weighted by Crippen LogP contribution is 2.32. The summed E-state index contributed by atoms with van der Waals surface area (Å²) < 4.78 is 10.4. The zero-order valence-corrected chi connectivity index (χ0v) is 13.0. The monoisotopic (exact) mass is 299 g/mol. The zero-order valence-electron chi connectivity index (χ0n) is 13.0. The van der Waals surface area contributed by atoms with Crippen LogP contribution in [0.15, 0.2) is 36.4 Å². The molecule has 1 aliphatic heterocycles. The number of methoxy groups -OCH3 is 2. The summed E-state index contributed by atoms with van der Waals surface area (Å²) in [5, 5.41) is 9.94. The molecule has 0 aromatic heterocycles. The Labute approximate surface area is 130 Å². The third-order valence-corrected chi connectivity index (χ3v) is 4.16. The number of fused-ring (bicyclic) bond motifs is 1. The van der Waals surface area contributed by atoms with Crippen LogP contribution in [0.25, 0.3) is 0 Å². The molecule has 0 amide bonds. The van der Waals surface area contributed by atoms with Crippen molar-refractivity contribution < 1.29 is 14.6 Å². The van der Waals surface area contributed by atoms with Gasteiger partial charge in [-0.15, -0.1) is 0 Å². The normalized spacial score (nSPS) is 14.5. The Morgan fingerprint density at radius 2 is 1.82 bits per heavy atom. The molecule has 1 aliphatic rings. The number of phenols is 1. The van der Waals surface area contributed by atoms with Crippen molar-refractivity contribution in [2.45, 2.75) is 19.5 Å². The quantitative estimate of drug-likeness (QED) is 0.942. The SMILES string of the molecule is COc1ccc(CN2CCc3cc(OC)c(O)cc3C2)cc1. The lowest BCUT2D eigenvalue weighted by molar-refractivity contribution is 0.244. The molecule has 3 rings (SSSR count). The molecule has 0 radical (unpaired) electrons. The molecular weight excluding hydrogens is 278 g/mol. The molecule has 0 fully saturated rings. The van der Waals surface area contributed by atoms with Crippen LogP contribution in [0.2, 0.25) is 0 Å². The van der Waals surface area contributed by atoms with E-state index in [2.05, 4.69) is 17.0 Å². The van der Waals surface area contributed by atoms with Gasteiger partial charge in [-0.3, -0.25) is 4.90 Å². The second-order valence-electron chi connectivity index (χ2n) is 5.60. The van der Waals surface area contributed by atoms with Crippen LogP contribution in [0.1, 0.15) is 16.7 Å². The number of hydrogen-bond acceptors (Lipinski definition) is 4. The van der Waals surface area contributed by atoms with Crippen molar-refractivity contribution in [3.05, 3.63) is 53.1 Å². The number of aromatic hydroxyl groups is 1. The molecular formula is C18H21NO3. The fraction of sp³-hybridized carbons (Fsp3) is 0.333. The van der Waals surface area contributed by atoms with Gasteiger partial charge < -0.3 is 14.6 Å². The van der Waals surface area contributed by atoms with Gasteiger partial charge >= 0.3 is 0 Å². The van der Waals surface area contributed by atoms with Crippen LogP contribution in [0.5, 0.6) is 17.2 Å². The van der Waals surface area contributed by atoms with Crippen molar-refractivity contribution in [2.24, 2.45) is 0 Å². The average Bonchev–Trinajstić information content (AvgIpc) is 2.55. The van der Waals surface area contributed by atoms with Crippen molar-refractivity contribution in [2.75, 3.05) is 20.8 Å². The summed E-state index contributed by atoms with van der Waals surface area (Å²) in [7, 11) is 3.26. The first-order valence-corrected chi connectivity index (χ1v) is 7.43. The maximum atomic E-state index is 9.94. The standard InChI is InChI=1S/C18H21NO3/c1-21-16-5-3-13(4-6-16)11-19-8-7-14-10-18(22-2)17(20)9-15(14)12-19/h3-6,9-10,20H,7-8,11-12H2,1-2H3. The highest BCUT2D eigenvalue weighted by molar-refractivity contribution is 5.47. The van der Waals surface area contributed by atoms with Crippen molar-refractivity contribution in [1.29, 1.82) is 0 Å². The lowest BCUT2D eigenvalue weighted by Gasteiger charge is -2.29. The number of hydrogen-bond donors (Lipinski definition) is 1. The van der Waals surface area contributed by atoms with E-state index in [0.29, 0.717) is 5.75 Å². The third kappa shape index (κ3) is 3.02. The number of phenolic OH excluding ortho intramolecular Hbond substituents is 1. The fourth-order valence-corrected chi connectivity index (χ4v) is 2.92. The number of rotatable bonds is 4. The van der Waals surface area contributed by atoms with Crippen LogP contribution in [0.3, 0.4) is 0 Å². The maximum absolute atomic E-state index is 9.94. The topological polar surface area (TPSA) is 41.9 Å². The van der Waals surface area contributed by atoms with Gasteiger partial charge in [-0.1, -0.05) is 12.1 Å². The highest BCUT2D eigenvalue weighted by atomic mass is 16.5. The van der Waals surface area contributed by atoms with E-state index in [4.69, 9.17) is 9.47 Å². The molecule has 0 saturated heterocycles. The first-order valence-electron chi connectivity index (χ1n) is 7.43. The first-order chi connectivity index (χ1) is 10.7. The molecule has 2 aromatic rings.